The Kier molecular flexibility index (Phi) is 8.97. The number of hydrogen-bond donors (Lipinski definition) is 1. The minimum absolute atomic E-state index is 0.0259. The lowest BCUT2D eigenvalue weighted by atomic mass is 9.40. The smallest absolute Gasteiger partial charge is 0.303 e. The van der Waals surface area contributed by atoms with Crippen LogP contribution in [0.5, 0.6) is 0 Å². The Hall–Kier alpha value is -2.12. The van der Waals surface area contributed by atoms with Crippen LogP contribution in [-0.2, 0) is 33.4 Å². The zero-order valence-electron chi connectivity index (χ0n) is 25.4. The van der Waals surface area contributed by atoms with Gasteiger partial charge < -0.3 is 19.3 Å². The predicted molar refractivity (Wildman–Crippen MR) is 148 cm³/mol. The van der Waals surface area contributed by atoms with Gasteiger partial charge in [0.1, 0.15) is 18.3 Å². The van der Waals surface area contributed by atoms with Gasteiger partial charge in [0.05, 0.1) is 0 Å². The Bertz CT molecular complexity index is 993. The lowest BCUT2D eigenvalue weighted by Gasteiger charge is -2.66. The lowest BCUT2D eigenvalue weighted by molar-refractivity contribution is -0.248. The maximum atomic E-state index is 12.6. The molecule has 0 aliphatic heterocycles. The average Bonchev–Trinajstić information content (AvgIpc) is 3.18. The summed E-state index contributed by atoms with van der Waals surface area (Å²) >= 11 is 0. The molecule has 4 aliphatic rings. The number of rotatable bonds is 8. The van der Waals surface area contributed by atoms with Gasteiger partial charge in [0.25, 0.3) is 0 Å². The molecule has 4 saturated carbocycles. The van der Waals surface area contributed by atoms with Crippen LogP contribution in [0.25, 0.3) is 0 Å². The maximum Gasteiger partial charge on any atom is 0.303 e. The van der Waals surface area contributed by atoms with E-state index in [1.54, 1.807) is 0 Å². The molecule has 12 atom stereocenters. The first kappa shape index (κ1) is 30.8. The van der Waals surface area contributed by atoms with Crippen LogP contribution in [-0.4, -0.2) is 47.3 Å². The number of carboxylic acids is 1. The van der Waals surface area contributed by atoms with Gasteiger partial charge in [-0.2, -0.15) is 0 Å². The molecule has 0 radical (unpaired) electrons. The molecule has 8 heteroatoms. The van der Waals surface area contributed by atoms with Crippen LogP contribution in [0.2, 0.25) is 0 Å². The molecule has 4 rings (SSSR count). The number of aliphatic carboxylic acids is 1. The van der Waals surface area contributed by atoms with E-state index in [-0.39, 0.29) is 89.0 Å². The molecule has 0 unspecified atom stereocenters. The zero-order chi connectivity index (χ0) is 29.6. The summed E-state index contributed by atoms with van der Waals surface area (Å²) in [5.41, 5.74) is -0.318. The van der Waals surface area contributed by atoms with Crippen molar-refractivity contribution in [3.05, 3.63) is 0 Å². The fourth-order valence-electron chi connectivity index (χ4n) is 10.5. The second kappa shape index (κ2) is 11.6. The van der Waals surface area contributed by atoms with Crippen molar-refractivity contribution >= 4 is 23.9 Å². The van der Waals surface area contributed by atoms with Crippen molar-refractivity contribution in [2.45, 2.75) is 125 Å². The second-order valence-electron chi connectivity index (χ2n) is 13.9. The van der Waals surface area contributed by atoms with Gasteiger partial charge in [0.15, 0.2) is 0 Å². The quantitative estimate of drug-likeness (QED) is 0.292. The van der Waals surface area contributed by atoms with E-state index >= 15 is 0 Å². The van der Waals surface area contributed by atoms with Crippen LogP contribution >= 0.6 is 0 Å². The standard InChI is InChI=1S/C32H50O8/c1-8-22-25-15-21(38-18(3)33)13-14-31(25,6)29-26(39-19(4)34)16-32(7)23(17(2)9-12-27(36)37)10-11-24(32)28(29)30(22)40-20(5)35/h17,21-26,28-30H,8-16H2,1-7H3,(H,36,37)/t17-,21-,22-,23-,24+,25+,26+,28+,29+,30-,31+,32-/m1/s1. The van der Waals surface area contributed by atoms with E-state index in [1.165, 1.54) is 20.8 Å². The highest BCUT2D eigenvalue weighted by Crippen LogP contribution is 2.70. The first-order valence-electron chi connectivity index (χ1n) is 15.5. The van der Waals surface area contributed by atoms with Crippen molar-refractivity contribution in [2.24, 2.45) is 52.3 Å². The Morgan fingerprint density at radius 3 is 2.12 bits per heavy atom. The summed E-state index contributed by atoms with van der Waals surface area (Å²) in [5.74, 6) is -0.486. The number of carboxylic acid groups (broad SMARTS) is 1. The summed E-state index contributed by atoms with van der Waals surface area (Å²) in [7, 11) is 0. The molecule has 4 fully saturated rings. The summed E-state index contributed by atoms with van der Waals surface area (Å²) < 4.78 is 18.2. The van der Waals surface area contributed by atoms with Gasteiger partial charge in [-0.25, -0.2) is 0 Å². The van der Waals surface area contributed by atoms with Crippen LogP contribution in [0.15, 0.2) is 0 Å². The molecule has 0 aromatic carbocycles. The fraction of sp³-hybridized carbons (Fsp3) is 0.875. The monoisotopic (exact) mass is 562 g/mol. The third-order valence-electron chi connectivity index (χ3n) is 11.8. The third-order valence-corrected chi connectivity index (χ3v) is 11.8. The zero-order valence-corrected chi connectivity index (χ0v) is 25.4. The Morgan fingerprint density at radius 1 is 0.900 bits per heavy atom. The average molecular weight is 563 g/mol. The number of hydrogen-bond acceptors (Lipinski definition) is 7. The number of ether oxygens (including phenoxy) is 3. The number of carbonyl (C=O) groups is 4. The first-order valence-corrected chi connectivity index (χ1v) is 15.5. The molecular weight excluding hydrogens is 512 g/mol. The molecule has 0 saturated heterocycles. The molecule has 226 valence electrons. The molecule has 0 heterocycles. The van der Waals surface area contributed by atoms with E-state index in [0.717, 1.165) is 44.9 Å². The predicted octanol–water partition coefficient (Wildman–Crippen LogP) is 5.80. The Morgan fingerprint density at radius 2 is 1.55 bits per heavy atom. The van der Waals surface area contributed by atoms with Crippen molar-refractivity contribution in [3.63, 3.8) is 0 Å². The molecule has 0 amide bonds. The van der Waals surface area contributed by atoms with E-state index in [1.807, 2.05) is 0 Å². The molecule has 0 bridgehead atoms. The highest BCUT2D eigenvalue weighted by molar-refractivity contribution is 5.67. The van der Waals surface area contributed by atoms with Gasteiger partial charge in [0.2, 0.25) is 0 Å². The van der Waals surface area contributed by atoms with Crippen LogP contribution < -0.4 is 0 Å². The summed E-state index contributed by atoms with van der Waals surface area (Å²) in [5, 5.41) is 9.34. The van der Waals surface area contributed by atoms with Crippen LogP contribution in [0.3, 0.4) is 0 Å². The van der Waals surface area contributed by atoms with Crippen molar-refractivity contribution in [2.75, 3.05) is 0 Å². The summed E-state index contributed by atoms with van der Waals surface area (Å²) in [4.78, 5) is 48.4. The maximum absolute atomic E-state index is 12.6. The largest absolute Gasteiger partial charge is 0.481 e. The first-order chi connectivity index (χ1) is 18.7. The van der Waals surface area contributed by atoms with E-state index < -0.39 is 5.97 Å². The number of carbonyl (C=O) groups excluding carboxylic acids is 3. The normalized spacial score (nSPS) is 42.9. The van der Waals surface area contributed by atoms with Crippen LogP contribution in [0, 0.1) is 52.3 Å². The van der Waals surface area contributed by atoms with E-state index in [2.05, 4.69) is 27.7 Å². The van der Waals surface area contributed by atoms with Crippen molar-refractivity contribution in [1.29, 1.82) is 0 Å². The molecule has 8 nitrogen and oxygen atoms in total. The molecular formula is C32H50O8. The van der Waals surface area contributed by atoms with Gasteiger partial charge in [-0.1, -0.05) is 27.7 Å². The van der Waals surface area contributed by atoms with Crippen LogP contribution in [0.1, 0.15) is 106 Å². The van der Waals surface area contributed by atoms with E-state index in [9.17, 15) is 24.3 Å². The summed E-state index contributed by atoms with van der Waals surface area (Å²) in [6.45, 7) is 13.4. The van der Waals surface area contributed by atoms with Gasteiger partial charge in [-0.05, 0) is 91.8 Å². The summed E-state index contributed by atoms with van der Waals surface area (Å²) in [6.07, 6.45) is 5.91. The lowest BCUT2D eigenvalue weighted by Crippen LogP contribution is -2.67. The second-order valence-corrected chi connectivity index (χ2v) is 13.9. The summed E-state index contributed by atoms with van der Waals surface area (Å²) in [6, 6.07) is 0. The van der Waals surface area contributed by atoms with Crippen molar-refractivity contribution in [3.8, 4) is 0 Å². The molecule has 0 spiro atoms. The molecule has 0 aromatic heterocycles. The molecule has 0 aromatic rings. The highest BCUT2D eigenvalue weighted by Gasteiger charge is 2.69. The fourth-order valence-corrected chi connectivity index (χ4v) is 10.5. The van der Waals surface area contributed by atoms with Crippen molar-refractivity contribution < 1.29 is 38.5 Å². The van der Waals surface area contributed by atoms with Gasteiger partial charge in [-0.3, -0.25) is 19.2 Å². The minimum atomic E-state index is -0.774. The van der Waals surface area contributed by atoms with E-state index in [0.29, 0.717) is 12.3 Å². The van der Waals surface area contributed by atoms with Gasteiger partial charge in [-0.15, -0.1) is 0 Å². The topological polar surface area (TPSA) is 116 Å². The minimum Gasteiger partial charge on any atom is -0.481 e. The van der Waals surface area contributed by atoms with Crippen molar-refractivity contribution in [1.82, 2.24) is 0 Å². The molecule has 40 heavy (non-hydrogen) atoms. The number of fused-ring (bicyclic) bond motifs is 5. The Labute approximate surface area is 239 Å². The third kappa shape index (κ3) is 5.53. The highest BCUT2D eigenvalue weighted by atomic mass is 16.6. The van der Waals surface area contributed by atoms with Gasteiger partial charge in [0, 0.05) is 39.0 Å². The van der Waals surface area contributed by atoms with E-state index in [4.69, 9.17) is 14.2 Å². The van der Waals surface area contributed by atoms with Gasteiger partial charge >= 0.3 is 23.9 Å². The molecule has 4 aliphatic carbocycles. The molecule has 1 N–H and O–H groups in total. The SMILES string of the molecule is CC[C@H]1[C@@H](OC(C)=O)[C@@H]2[C@H]([C@@H](OC(C)=O)C[C@]3(C)[C@@H]([C@H](C)CCC(=O)O)CC[C@@H]23)[C@@]2(C)CC[C@@H](OC(C)=O)C[C@@H]12. The Balaban J connectivity index is 1.80. The van der Waals surface area contributed by atoms with Crippen LogP contribution in [0.4, 0.5) is 0 Å². The number of esters is 3.